The average molecular weight is 253 g/mol. The largest absolute Gasteiger partial charge is 0.484 e. The van der Waals surface area contributed by atoms with Gasteiger partial charge >= 0.3 is 0 Å². The van der Waals surface area contributed by atoms with E-state index in [9.17, 15) is 4.79 Å². The van der Waals surface area contributed by atoms with Crippen LogP contribution in [0.25, 0.3) is 0 Å². The van der Waals surface area contributed by atoms with Crippen LogP contribution in [0, 0.1) is 0 Å². The number of hydrogen-bond donors (Lipinski definition) is 0. The van der Waals surface area contributed by atoms with Crippen LogP contribution in [-0.2, 0) is 4.79 Å². The number of ether oxygens (including phenoxy) is 1. The molecule has 0 N–H and O–H groups in total. The summed E-state index contributed by atoms with van der Waals surface area (Å²) in [5, 5.41) is -0.471. The predicted molar refractivity (Wildman–Crippen MR) is 68.6 cm³/mol. The molecule has 1 aromatic rings. The second-order valence-corrected chi connectivity index (χ2v) is 4.97. The number of rotatable bonds is 4. The van der Waals surface area contributed by atoms with E-state index < -0.39 is 5.24 Å². The summed E-state index contributed by atoms with van der Waals surface area (Å²) < 4.78 is 5.23. The Labute approximate surface area is 107 Å². The Kier molecular flexibility index (Phi) is 4.43. The molecule has 0 spiro atoms. The van der Waals surface area contributed by atoms with Crippen molar-refractivity contribution in [3.8, 4) is 5.75 Å². The number of carbonyl (C=O) groups is 1. The van der Waals surface area contributed by atoms with E-state index in [1.165, 1.54) is 37.7 Å². The van der Waals surface area contributed by atoms with E-state index in [2.05, 4.69) is 12.1 Å². The van der Waals surface area contributed by atoms with Crippen molar-refractivity contribution < 1.29 is 9.53 Å². The molecule has 1 aromatic carbocycles. The normalized spacial score (nSPS) is 16.8. The van der Waals surface area contributed by atoms with Gasteiger partial charge in [-0.1, -0.05) is 31.4 Å². The molecule has 0 bridgehead atoms. The SMILES string of the molecule is O=C(Cl)COc1ccc(C2CCCCC2)cc1. The Morgan fingerprint density at radius 1 is 1.18 bits per heavy atom. The predicted octanol–water partition coefficient (Wildman–Crippen LogP) is 3.88. The summed E-state index contributed by atoms with van der Waals surface area (Å²) in [4.78, 5) is 10.6. The topological polar surface area (TPSA) is 26.3 Å². The number of hydrogen-bond acceptors (Lipinski definition) is 2. The molecule has 3 heteroatoms. The van der Waals surface area contributed by atoms with Gasteiger partial charge in [-0.3, -0.25) is 4.79 Å². The fraction of sp³-hybridized carbons (Fsp3) is 0.500. The van der Waals surface area contributed by atoms with Crippen LogP contribution >= 0.6 is 11.6 Å². The lowest BCUT2D eigenvalue weighted by molar-refractivity contribution is -0.113. The van der Waals surface area contributed by atoms with Gasteiger partial charge in [0.1, 0.15) is 5.75 Å². The highest BCUT2D eigenvalue weighted by Crippen LogP contribution is 2.33. The molecule has 0 heterocycles. The molecule has 0 radical (unpaired) electrons. The van der Waals surface area contributed by atoms with Gasteiger partial charge in [0.05, 0.1) is 0 Å². The summed E-state index contributed by atoms with van der Waals surface area (Å²) >= 11 is 5.22. The van der Waals surface area contributed by atoms with Crippen LogP contribution in [0.15, 0.2) is 24.3 Å². The van der Waals surface area contributed by atoms with Crippen LogP contribution in [0.1, 0.15) is 43.6 Å². The highest BCUT2D eigenvalue weighted by Gasteiger charge is 2.15. The van der Waals surface area contributed by atoms with E-state index in [0.717, 1.165) is 0 Å². The highest BCUT2D eigenvalue weighted by molar-refractivity contribution is 6.63. The van der Waals surface area contributed by atoms with E-state index in [-0.39, 0.29) is 6.61 Å². The fourth-order valence-electron chi connectivity index (χ4n) is 2.41. The van der Waals surface area contributed by atoms with Gasteiger partial charge in [-0.25, -0.2) is 0 Å². The van der Waals surface area contributed by atoms with Crippen LogP contribution in [0.4, 0.5) is 0 Å². The number of carbonyl (C=O) groups excluding carboxylic acids is 1. The summed E-state index contributed by atoms with van der Waals surface area (Å²) in [5.41, 5.74) is 1.38. The van der Waals surface area contributed by atoms with Gasteiger partial charge in [-0.2, -0.15) is 0 Å². The minimum Gasteiger partial charge on any atom is -0.484 e. The van der Waals surface area contributed by atoms with E-state index in [4.69, 9.17) is 16.3 Å². The average Bonchev–Trinajstić information content (AvgIpc) is 2.38. The third-order valence-electron chi connectivity index (χ3n) is 3.31. The van der Waals surface area contributed by atoms with Gasteiger partial charge in [0.25, 0.3) is 5.24 Å². The van der Waals surface area contributed by atoms with Crippen molar-refractivity contribution in [1.29, 1.82) is 0 Å². The summed E-state index contributed by atoms with van der Waals surface area (Å²) in [7, 11) is 0. The fourth-order valence-corrected chi connectivity index (χ4v) is 2.47. The molecule has 17 heavy (non-hydrogen) atoms. The number of benzene rings is 1. The summed E-state index contributed by atoms with van der Waals surface area (Å²) in [6.07, 6.45) is 6.63. The summed E-state index contributed by atoms with van der Waals surface area (Å²) in [6, 6.07) is 8.04. The molecule has 2 rings (SSSR count). The van der Waals surface area contributed by atoms with Crippen LogP contribution in [0.3, 0.4) is 0 Å². The zero-order chi connectivity index (χ0) is 12.1. The summed E-state index contributed by atoms with van der Waals surface area (Å²) in [5.74, 6) is 1.41. The zero-order valence-electron chi connectivity index (χ0n) is 9.82. The molecule has 2 nitrogen and oxygen atoms in total. The Morgan fingerprint density at radius 2 is 1.82 bits per heavy atom. The Hall–Kier alpha value is -1.02. The highest BCUT2D eigenvalue weighted by atomic mass is 35.5. The van der Waals surface area contributed by atoms with Crippen molar-refractivity contribution in [2.24, 2.45) is 0 Å². The first-order valence-electron chi connectivity index (χ1n) is 6.17. The van der Waals surface area contributed by atoms with Gasteiger partial charge < -0.3 is 4.74 Å². The Balaban J connectivity index is 1.94. The first-order chi connectivity index (χ1) is 8.25. The molecule has 0 aromatic heterocycles. The van der Waals surface area contributed by atoms with Gasteiger partial charge in [0.2, 0.25) is 0 Å². The van der Waals surface area contributed by atoms with Gasteiger partial charge in [-0.15, -0.1) is 0 Å². The van der Waals surface area contributed by atoms with Crippen LogP contribution in [0.2, 0.25) is 0 Å². The van der Waals surface area contributed by atoms with Crippen LogP contribution in [0.5, 0.6) is 5.75 Å². The Bertz CT molecular complexity index is 366. The second kappa shape index (κ2) is 6.06. The molecule has 0 saturated heterocycles. The maximum Gasteiger partial charge on any atom is 0.259 e. The van der Waals surface area contributed by atoms with Crippen molar-refractivity contribution in [1.82, 2.24) is 0 Å². The van der Waals surface area contributed by atoms with Crippen LogP contribution in [-0.4, -0.2) is 11.8 Å². The molecule has 1 aliphatic carbocycles. The van der Waals surface area contributed by atoms with Crippen LogP contribution < -0.4 is 4.74 Å². The molecule has 1 saturated carbocycles. The standard InChI is InChI=1S/C14H17ClO2/c15-14(16)10-17-13-8-6-12(7-9-13)11-4-2-1-3-5-11/h6-9,11H,1-5,10H2. The third-order valence-corrected chi connectivity index (χ3v) is 3.42. The molecule has 0 aliphatic heterocycles. The molecule has 1 fully saturated rings. The monoisotopic (exact) mass is 252 g/mol. The second-order valence-electron chi connectivity index (χ2n) is 4.55. The van der Waals surface area contributed by atoms with E-state index >= 15 is 0 Å². The third kappa shape index (κ3) is 3.74. The first kappa shape index (κ1) is 12.4. The zero-order valence-corrected chi connectivity index (χ0v) is 10.6. The lowest BCUT2D eigenvalue weighted by Crippen LogP contribution is -2.06. The maximum atomic E-state index is 10.6. The molecule has 0 amide bonds. The first-order valence-corrected chi connectivity index (χ1v) is 6.54. The van der Waals surface area contributed by atoms with Crippen molar-refractivity contribution in [3.63, 3.8) is 0 Å². The Morgan fingerprint density at radius 3 is 2.41 bits per heavy atom. The van der Waals surface area contributed by atoms with E-state index in [1.807, 2.05) is 12.1 Å². The quantitative estimate of drug-likeness (QED) is 0.761. The van der Waals surface area contributed by atoms with E-state index in [0.29, 0.717) is 11.7 Å². The molecular formula is C14H17ClO2. The van der Waals surface area contributed by atoms with Gasteiger partial charge in [0, 0.05) is 0 Å². The molecule has 0 atom stereocenters. The summed E-state index contributed by atoms with van der Waals surface area (Å²) in [6.45, 7) is -0.0651. The van der Waals surface area contributed by atoms with Gasteiger partial charge in [-0.05, 0) is 48.1 Å². The van der Waals surface area contributed by atoms with E-state index in [1.54, 1.807) is 0 Å². The van der Waals surface area contributed by atoms with Crippen molar-refractivity contribution in [2.45, 2.75) is 38.0 Å². The minimum absolute atomic E-state index is 0.0651. The maximum absolute atomic E-state index is 10.6. The van der Waals surface area contributed by atoms with Crippen molar-refractivity contribution >= 4 is 16.8 Å². The molecule has 1 aliphatic rings. The molecule has 0 unspecified atom stereocenters. The lowest BCUT2D eigenvalue weighted by Gasteiger charge is -2.22. The molecule has 92 valence electrons. The number of halogens is 1. The van der Waals surface area contributed by atoms with Crippen molar-refractivity contribution in [3.05, 3.63) is 29.8 Å². The minimum atomic E-state index is -0.471. The lowest BCUT2D eigenvalue weighted by atomic mass is 9.84. The smallest absolute Gasteiger partial charge is 0.259 e. The van der Waals surface area contributed by atoms with Crippen molar-refractivity contribution in [2.75, 3.05) is 6.61 Å². The molecular weight excluding hydrogens is 236 g/mol. The van der Waals surface area contributed by atoms with Gasteiger partial charge in [0.15, 0.2) is 6.61 Å².